The fourth-order valence-corrected chi connectivity index (χ4v) is 4.66. The summed E-state index contributed by atoms with van der Waals surface area (Å²) in [6.45, 7) is 3.07. The molecule has 2 unspecified atom stereocenters. The van der Waals surface area contributed by atoms with Crippen LogP contribution in [0.25, 0.3) is 27.9 Å². The molecular weight excluding hydrogens is 493 g/mol. The molecule has 1 saturated heterocycles. The van der Waals surface area contributed by atoms with Crippen LogP contribution in [0.2, 0.25) is 0 Å². The van der Waals surface area contributed by atoms with Gasteiger partial charge in [-0.25, -0.2) is 23.7 Å². The molecule has 0 bridgehead atoms. The van der Waals surface area contributed by atoms with Crippen molar-refractivity contribution in [2.24, 2.45) is 0 Å². The summed E-state index contributed by atoms with van der Waals surface area (Å²) < 4.78 is 41.0. The second-order valence-corrected chi connectivity index (χ2v) is 9.33. The molecule has 8 nitrogen and oxygen atoms in total. The number of hydrogen-bond donors (Lipinski definition) is 3. The van der Waals surface area contributed by atoms with Gasteiger partial charge in [-0.2, -0.15) is 9.37 Å². The Morgan fingerprint density at radius 2 is 1.89 bits per heavy atom. The highest BCUT2D eigenvalue weighted by atomic mass is 19.2. The van der Waals surface area contributed by atoms with Crippen LogP contribution >= 0.6 is 0 Å². The minimum absolute atomic E-state index is 0.168. The quantitative estimate of drug-likeness (QED) is 0.303. The zero-order valence-corrected chi connectivity index (χ0v) is 20.3. The number of pyridine rings is 3. The highest BCUT2D eigenvalue weighted by Crippen LogP contribution is 2.34. The molecule has 1 aliphatic heterocycles. The van der Waals surface area contributed by atoms with Crippen molar-refractivity contribution in [1.82, 2.24) is 30.2 Å². The van der Waals surface area contributed by atoms with Gasteiger partial charge in [0.1, 0.15) is 11.6 Å². The Morgan fingerprint density at radius 1 is 1.03 bits per heavy atom. The lowest BCUT2D eigenvalue weighted by atomic mass is 9.96. The molecule has 2 atom stereocenters. The number of aromatic nitrogens is 5. The van der Waals surface area contributed by atoms with E-state index in [4.69, 9.17) is 9.97 Å². The van der Waals surface area contributed by atoms with Crippen molar-refractivity contribution in [3.63, 3.8) is 0 Å². The van der Waals surface area contributed by atoms with Gasteiger partial charge in [0.25, 0.3) is 5.95 Å². The number of rotatable bonds is 6. The van der Waals surface area contributed by atoms with Gasteiger partial charge in [-0.1, -0.05) is 18.2 Å². The lowest BCUT2D eigenvalue weighted by Crippen LogP contribution is -2.41. The Morgan fingerprint density at radius 3 is 2.68 bits per heavy atom. The standard InChI is InChI=1S/C27H23F3N8/c1-14-9-17(6-8-32-14)34-27-23-18(15-3-2-4-15)12-31-13-21(23)35-25(38-27)16-5-7-33-22(10-16)36-26-20(29)11-19(28)24(30)37-26/h2-5,7,10-14,17,32H,6,8-9H2,1H3,(H,33,36,37)(H,34,35,38). The molecule has 38 heavy (non-hydrogen) atoms. The van der Waals surface area contributed by atoms with E-state index in [0.717, 1.165) is 35.9 Å². The molecule has 0 aromatic carbocycles. The molecule has 3 N–H and O–H groups in total. The van der Waals surface area contributed by atoms with Crippen LogP contribution in [0.4, 0.5) is 30.6 Å². The van der Waals surface area contributed by atoms with Gasteiger partial charge in [0.05, 0.1) is 17.1 Å². The first-order valence-corrected chi connectivity index (χ1v) is 12.2. The number of anilines is 3. The number of nitrogens with one attached hydrogen (secondary N) is 3. The average molecular weight is 517 g/mol. The second-order valence-electron chi connectivity index (χ2n) is 9.33. The third kappa shape index (κ3) is 4.68. The van der Waals surface area contributed by atoms with E-state index in [9.17, 15) is 13.2 Å². The van der Waals surface area contributed by atoms with Crippen LogP contribution in [-0.4, -0.2) is 43.5 Å². The van der Waals surface area contributed by atoms with E-state index in [1.807, 2.05) is 24.4 Å². The van der Waals surface area contributed by atoms with E-state index < -0.39 is 23.4 Å². The molecule has 0 amide bonds. The maximum atomic E-state index is 14.1. The van der Waals surface area contributed by atoms with Crippen LogP contribution < -0.4 is 16.0 Å². The van der Waals surface area contributed by atoms with Gasteiger partial charge in [-0.15, -0.1) is 0 Å². The maximum Gasteiger partial charge on any atom is 0.251 e. The Kier molecular flexibility index (Phi) is 6.20. The fourth-order valence-electron chi connectivity index (χ4n) is 4.66. The SMILES string of the molecule is CC1CC(Nc2nc(-c3ccnc(Nc4nc(F)c(F)cc4F)c3)nc3cncc(C4=CC=C4)c23)CCN1. The Bertz CT molecular complexity index is 1600. The first-order chi connectivity index (χ1) is 18.4. The molecule has 0 saturated carbocycles. The summed E-state index contributed by atoms with van der Waals surface area (Å²) in [5.41, 5.74) is 3.25. The van der Waals surface area contributed by atoms with Crippen LogP contribution in [0.15, 0.2) is 55.0 Å². The van der Waals surface area contributed by atoms with E-state index in [2.05, 4.69) is 37.8 Å². The van der Waals surface area contributed by atoms with Crippen LogP contribution in [0.5, 0.6) is 0 Å². The maximum absolute atomic E-state index is 14.1. The smallest absolute Gasteiger partial charge is 0.251 e. The molecule has 0 radical (unpaired) electrons. The van der Waals surface area contributed by atoms with E-state index >= 15 is 0 Å². The third-order valence-corrected chi connectivity index (χ3v) is 6.59. The molecular formula is C27H23F3N8. The molecule has 0 spiro atoms. The molecule has 1 aliphatic carbocycles. The average Bonchev–Trinajstić information content (AvgIpc) is 2.86. The predicted octanol–water partition coefficient (Wildman–Crippen LogP) is 5.15. The number of fused-ring (bicyclic) bond motifs is 1. The monoisotopic (exact) mass is 516 g/mol. The molecule has 192 valence electrons. The summed E-state index contributed by atoms with van der Waals surface area (Å²) in [6, 6.07) is 4.34. The van der Waals surface area contributed by atoms with Crippen LogP contribution in [0.1, 0.15) is 25.3 Å². The molecule has 4 aromatic heterocycles. The summed E-state index contributed by atoms with van der Waals surface area (Å²) in [5, 5.41) is 10.6. The second kappa shape index (κ2) is 9.82. The molecule has 11 heteroatoms. The van der Waals surface area contributed by atoms with Gasteiger partial charge in [0.2, 0.25) is 0 Å². The van der Waals surface area contributed by atoms with Crippen molar-refractivity contribution in [2.45, 2.75) is 31.8 Å². The largest absolute Gasteiger partial charge is 0.367 e. The van der Waals surface area contributed by atoms with Crippen LogP contribution in [-0.2, 0) is 0 Å². The Labute approximate surface area is 216 Å². The van der Waals surface area contributed by atoms with Gasteiger partial charge in [-0.3, -0.25) is 4.98 Å². The molecule has 1 fully saturated rings. The van der Waals surface area contributed by atoms with Gasteiger partial charge in [0, 0.05) is 41.7 Å². The summed E-state index contributed by atoms with van der Waals surface area (Å²) in [4.78, 5) is 21.5. The van der Waals surface area contributed by atoms with Gasteiger partial charge in [0.15, 0.2) is 23.3 Å². The molecule has 5 heterocycles. The van der Waals surface area contributed by atoms with E-state index in [1.165, 1.54) is 6.20 Å². The Hall–Kier alpha value is -4.38. The van der Waals surface area contributed by atoms with Crippen molar-refractivity contribution >= 4 is 33.9 Å². The van der Waals surface area contributed by atoms with Crippen molar-refractivity contribution in [2.75, 3.05) is 17.2 Å². The molecule has 6 rings (SSSR count). The minimum atomic E-state index is -1.41. The zero-order valence-electron chi connectivity index (χ0n) is 20.3. The summed E-state index contributed by atoms with van der Waals surface area (Å²) in [5.74, 6) is -3.04. The lowest BCUT2D eigenvalue weighted by molar-refractivity contribution is 0.396. The van der Waals surface area contributed by atoms with E-state index in [0.29, 0.717) is 34.8 Å². The fraction of sp³-hybridized carbons (Fsp3) is 0.222. The number of nitrogens with zero attached hydrogens (tertiary/aromatic N) is 5. The first kappa shape index (κ1) is 24.0. The zero-order chi connectivity index (χ0) is 26.2. The van der Waals surface area contributed by atoms with Crippen molar-refractivity contribution in [3.8, 4) is 11.4 Å². The van der Waals surface area contributed by atoms with Crippen molar-refractivity contribution < 1.29 is 13.2 Å². The van der Waals surface area contributed by atoms with E-state index in [-0.39, 0.29) is 11.9 Å². The topological polar surface area (TPSA) is 101 Å². The highest BCUT2D eigenvalue weighted by Gasteiger charge is 2.22. The van der Waals surface area contributed by atoms with Gasteiger partial charge in [-0.05, 0) is 44.0 Å². The first-order valence-electron chi connectivity index (χ1n) is 12.2. The van der Waals surface area contributed by atoms with E-state index in [1.54, 1.807) is 18.3 Å². The Balaban J connectivity index is 1.41. The van der Waals surface area contributed by atoms with Crippen LogP contribution in [0, 0.1) is 17.6 Å². The van der Waals surface area contributed by atoms with Gasteiger partial charge >= 0.3 is 0 Å². The highest BCUT2D eigenvalue weighted by molar-refractivity contribution is 6.02. The number of halogens is 3. The lowest BCUT2D eigenvalue weighted by Gasteiger charge is -2.29. The van der Waals surface area contributed by atoms with Crippen molar-refractivity contribution in [1.29, 1.82) is 0 Å². The summed E-state index contributed by atoms with van der Waals surface area (Å²) in [6.07, 6.45) is 12.9. The summed E-state index contributed by atoms with van der Waals surface area (Å²) >= 11 is 0. The van der Waals surface area contributed by atoms with Crippen LogP contribution in [0.3, 0.4) is 0 Å². The minimum Gasteiger partial charge on any atom is -0.367 e. The predicted molar refractivity (Wildman–Crippen MR) is 139 cm³/mol. The third-order valence-electron chi connectivity index (χ3n) is 6.59. The molecule has 4 aromatic rings. The number of hydrogen-bond acceptors (Lipinski definition) is 8. The number of piperidine rings is 1. The van der Waals surface area contributed by atoms with Crippen molar-refractivity contribution in [3.05, 3.63) is 78.2 Å². The van der Waals surface area contributed by atoms with Gasteiger partial charge < -0.3 is 16.0 Å². The normalized spacial score (nSPS) is 18.7. The number of allylic oxidation sites excluding steroid dienone is 4. The summed E-state index contributed by atoms with van der Waals surface area (Å²) in [7, 11) is 0. The molecule has 2 aliphatic rings.